The summed E-state index contributed by atoms with van der Waals surface area (Å²) in [5.74, 6) is -0.0658. The Morgan fingerprint density at radius 1 is 1.11 bits per heavy atom. The molecule has 0 amide bonds. The maximum absolute atomic E-state index is 12.7. The van der Waals surface area contributed by atoms with E-state index in [0.717, 1.165) is 57.6 Å². The molecule has 0 saturated carbocycles. The van der Waals surface area contributed by atoms with Crippen molar-refractivity contribution in [3.63, 3.8) is 0 Å². The molecule has 1 atom stereocenters. The minimum Gasteiger partial charge on any atom is -0.479 e. The van der Waals surface area contributed by atoms with E-state index in [2.05, 4.69) is 25.7 Å². The number of rotatable bonds is 5. The smallest absolute Gasteiger partial charge is 0.337 e. The molecular formula is C28H32N4O4. The van der Waals surface area contributed by atoms with Gasteiger partial charge in [-0.15, -0.1) is 10.2 Å². The Morgan fingerprint density at radius 2 is 1.81 bits per heavy atom. The Morgan fingerprint density at radius 3 is 2.39 bits per heavy atom. The van der Waals surface area contributed by atoms with Gasteiger partial charge in [-0.2, -0.15) is 0 Å². The monoisotopic (exact) mass is 488 g/mol. The fraction of sp³-hybridized carbons (Fsp3) is 0.393. The number of benzene rings is 2. The highest BCUT2D eigenvalue weighted by Gasteiger charge is 2.36. The third-order valence-electron chi connectivity index (χ3n) is 6.70. The fourth-order valence-corrected chi connectivity index (χ4v) is 5.22. The highest BCUT2D eigenvalue weighted by molar-refractivity contribution is 6.09. The maximum Gasteiger partial charge on any atom is 0.337 e. The van der Waals surface area contributed by atoms with Crippen molar-refractivity contribution < 1.29 is 19.1 Å². The molecule has 5 rings (SSSR count). The van der Waals surface area contributed by atoms with E-state index in [1.165, 1.54) is 0 Å². The van der Waals surface area contributed by atoms with E-state index in [4.69, 9.17) is 9.15 Å². The molecule has 2 aromatic carbocycles. The quantitative estimate of drug-likeness (QED) is 0.387. The molecule has 0 aliphatic carbocycles. The van der Waals surface area contributed by atoms with Crippen LogP contribution in [-0.2, 0) is 16.1 Å². The van der Waals surface area contributed by atoms with Crippen molar-refractivity contribution >= 4 is 22.6 Å². The SMILES string of the molecule is Cc1ccc(-c2c([C@H](OC(C)(C)C)C(=O)O)c(C)c3c4c2cc(-c2nnc(C)o2)n4CCN3C)cc1. The third-order valence-corrected chi connectivity index (χ3v) is 6.70. The zero-order valence-electron chi connectivity index (χ0n) is 21.8. The predicted octanol–water partition coefficient (Wildman–Crippen LogP) is 5.67. The van der Waals surface area contributed by atoms with E-state index in [-0.39, 0.29) is 0 Å². The molecule has 8 heteroatoms. The van der Waals surface area contributed by atoms with Crippen LogP contribution < -0.4 is 4.90 Å². The number of aromatic nitrogens is 3. The summed E-state index contributed by atoms with van der Waals surface area (Å²) < 4.78 is 14.3. The number of carboxylic acid groups (broad SMARTS) is 1. The number of anilines is 1. The lowest BCUT2D eigenvalue weighted by atomic mass is 9.87. The van der Waals surface area contributed by atoms with Crippen LogP contribution in [0.15, 0.2) is 34.7 Å². The van der Waals surface area contributed by atoms with Gasteiger partial charge in [0.05, 0.1) is 16.8 Å². The lowest BCUT2D eigenvalue weighted by Gasteiger charge is -2.34. The van der Waals surface area contributed by atoms with Gasteiger partial charge in [0.2, 0.25) is 5.89 Å². The Bertz CT molecular complexity index is 1470. The first kappa shape index (κ1) is 24.1. The fourth-order valence-electron chi connectivity index (χ4n) is 5.22. The number of aliphatic carboxylic acids is 1. The third kappa shape index (κ3) is 3.95. The van der Waals surface area contributed by atoms with Crippen molar-refractivity contribution in [2.24, 2.45) is 0 Å². The molecule has 4 aromatic rings. The van der Waals surface area contributed by atoms with Crippen molar-refractivity contribution in [3.8, 4) is 22.7 Å². The molecule has 0 spiro atoms. The van der Waals surface area contributed by atoms with Gasteiger partial charge >= 0.3 is 5.97 Å². The molecule has 0 unspecified atom stereocenters. The number of aryl methyl sites for hydroxylation is 2. The van der Waals surface area contributed by atoms with Gasteiger partial charge in [-0.3, -0.25) is 0 Å². The number of carbonyl (C=O) groups is 1. The van der Waals surface area contributed by atoms with Crippen molar-refractivity contribution in [3.05, 3.63) is 52.9 Å². The zero-order chi connectivity index (χ0) is 25.9. The van der Waals surface area contributed by atoms with Gasteiger partial charge in [0.25, 0.3) is 5.89 Å². The normalized spacial score (nSPS) is 14.5. The van der Waals surface area contributed by atoms with E-state index in [0.29, 0.717) is 17.3 Å². The zero-order valence-corrected chi connectivity index (χ0v) is 21.8. The van der Waals surface area contributed by atoms with E-state index in [1.54, 1.807) is 6.92 Å². The van der Waals surface area contributed by atoms with Crippen molar-refractivity contribution in [2.45, 2.75) is 59.8 Å². The van der Waals surface area contributed by atoms with Crippen LogP contribution >= 0.6 is 0 Å². The van der Waals surface area contributed by atoms with Crippen LogP contribution in [0.1, 0.15) is 49.5 Å². The Hall–Kier alpha value is -3.65. The maximum atomic E-state index is 12.7. The summed E-state index contributed by atoms with van der Waals surface area (Å²) in [6.45, 7) is 13.0. The second-order valence-corrected chi connectivity index (χ2v) is 10.6. The van der Waals surface area contributed by atoms with E-state index < -0.39 is 17.7 Å². The molecule has 1 aliphatic rings. The number of nitrogens with zero attached hydrogens (tertiary/aromatic N) is 4. The van der Waals surface area contributed by atoms with Gasteiger partial charge in [0.15, 0.2) is 6.10 Å². The molecule has 1 aliphatic heterocycles. The number of likely N-dealkylation sites (N-methyl/N-ethyl adjacent to an activating group) is 1. The Labute approximate surface area is 210 Å². The first-order valence-corrected chi connectivity index (χ1v) is 12.1. The molecule has 0 bridgehead atoms. The number of hydrogen-bond donors (Lipinski definition) is 1. The Balaban J connectivity index is 1.94. The van der Waals surface area contributed by atoms with E-state index in [1.807, 2.05) is 65.9 Å². The molecule has 36 heavy (non-hydrogen) atoms. The van der Waals surface area contributed by atoms with Crippen molar-refractivity contribution in [1.29, 1.82) is 0 Å². The predicted molar refractivity (Wildman–Crippen MR) is 139 cm³/mol. The van der Waals surface area contributed by atoms with Gasteiger partial charge in [-0.05, 0) is 57.4 Å². The lowest BCUT2D eigenvalue weighted by Crippen LogP contribution is -2.31. The number of carboxylic acids is 1. The summed E-state index contributed by atoms with van der Waals surface area (Å²) in [5.41, 5.74) is 6.69. The van der Waals surface area contributed by atoms with Gasteiger partial charge in [-0.25, -0.2) is 4.79 Å². The van der Waals surface area contributed by atoms with Crippen LogP contribution in [0.4, 0.5) is 5.69 Å². The van der Waals surface area contributed by atoms with Gasteiger partial charge in [0.1, 0.15) is 5.69 Å². The molecule has 8 nitrogen and oxygen atoms in total. The number of hydrogen-bond acceptors (Lipinski definition) is 6. The minimum absolute atomic E-state index is 0.453. The van der Waals surface area contributed by atoms with Crippen molar-refractivity contribution in [2.75, 3.05) is 18.5 Å². The Kier molecular flexibility index (Phi) is 5.67. The van der Waals surface area contributed by atoms with Gasteiger partial charge in [-0.1, -0.05) is 29.8 Å². The molecule has 0 radical (unpaired) electrons. The molecule has 0 fully saturated rings. The van der Waals surface area contributed by atoms with Crippen LogP contribution in [-0.4, -0.2) is 45.0 Å². The topological polar surface area (TPSA) is 93.6 Å². The first-order chi connectivity index (χ1) is 17.0. The average molecular weight is 489 g/mol. The lowest BCUT2D eigenvalue weighted by molar-refractivity contribution is -0.160. The van der Waals surface area contributed by atoms with Gasteiger partial charge < -0.3 is 23.7 Å². The van der Waals surface area contributed by atoms with Crippen LogP contribution in [0.25, 0.3) is 33.6 Å². The largest absolute Gasteiger partial charge is 0.479 e. The highest BCUT2D eigenvalue weighted by Crippen LogP contribution is 2.48. The second kappa shape index (κ2) is 8.48. The molecular weight excluding hydrogens is 456 g/mol. The highest BCUT2D eigenvalue weighted by atomic mass is 16.5. The van der Waals surface area contributed by atoms with Crippen LogP contribution in [0.2, 0.25) is 0 Å². The second-order valence-electron chi connectivity index (χ2n) is 10.6. The number of ether oxygens (including phenoxy) is 1. The first-order valence-electron chi connectivity index (χ1n) is 12.1. The summed E-state index contributed by atoms with van der Waals surface area (Å²) in [7, 11) is 2.05. The van der Waals surface area contributed by atoms with E-state index in [9.17, 15) is 9.90 Å². The summed E-state index contributed by atoms with van der Waals surface area (Å²) in [6, 6.07) is 10.2. The summed E-state index contributed by atoms with van der Waals surface area (Å²) in [6.07, 6.45) is -1.14. The molecule has 0 saturated heterocycles. The molecule has 2 aromatic heterocycles. The minimum atomic E-state index is -1.14. The standard InChI is InChI=1S/C28H32N4O4/c1-15-8-10-18(11-9-15)22-19-14-20(26-30-29-17(3)35-26)32-13-12-31(7)23(24(19)32)16(2)21(22)25(27(33)34)36-28(4,5)6/h8-11,14,25H,12-13H2,1-7H3,(H,33,34)/t25-/m0/s1. The van der Waals surface area contributed by atoms with Gasteiger partial charge in [0, 0.05) is 38.0 Å². The van der Waals surface area contributed by atoms with E-state index >= 15 is 0 Å². The molecule has 3 heterocycles. The van der Waals surface area contributed by atoms with Crippen LogP contribution in [0.3, 0.4) is 0 Å². The van der Waals surface area contributed by atoms with Crippen molar-refractivity contribution in [1.82, 2.24) is 14.8 Å². The summed E-state index contributed by atoms with van der Waals surface area (Å²) in [4.78, 5) is 14.9. The summed E-state index contributed by atoms with van der Waals surface area (Å²) >= 11 is 0. The van der Waals surface area contributed by atoms with Crippen LogP contribution in [0.5, 0.6) is 0 Å². The average Bonchev–Trinajstić information content (AvgIpc) is 3.39. The molecule has 1 N–H and O–H groups in total. The molecule has 188 valence electrons. The summed E-state index contributed by atoms with van der Waals surface area (Å²) in [5, 5.41) is 19.7. The van der Waals surface area contributed by atoms with Crippen LogP contribution in [0, 0.1) is 20.8 Å².